The third-order valence-corrected chi connectivity index (χ3v) is 3.14. The van der Waals surface area contributed by atoms with E-state index >= 15 is 0 Å². The third-order valence-electron chi connectivity index (χ3n) is 3.14. The molecule has 0 aromatic heterocycles. The van der Waals surface area contributed by atoms with Crippen LogP contribution in [0.5, 0.6) is 0 Å². The van der Waals surface area contributed by atoms with E-state index in [0.717, 1.165) is 0 Å². The Balaban J connectivity index is 2.31. The third kappa shape index (κ3) is 4.94. The molecule has 0 saturated carbocycles. The van der Waals surface area contributed by atoms with Crippen LogP contribution in [0.2, 0.25) is 0 Å². The number of carboxylic acid groups (broad SMARTS) is 1. The number of aliphatic carboxylic acids is 1. The maximum absolute atomic E-state index is 11.8. The van der Waals surface area contributed by atoms with E-state index in [-0.39, 0.29) is 30.8 Å². The van der Waals surface area contributed by atoms with Gasteiger partial charge in [-0.1, -0.05) is 20.1 Å². The maximum atomic E-state index is 11.8. The SMILES string of the molecule is C=C(CCCOC(=O)C(=C)C(C)C1COC(=O)O1)C(=O)O. The van der Waals surface area contributed by atoms with E-state index in [0.29, 0.717) is 6.42 Å². The average Bonchev–Trinajstić information content (AvgIpc) is 2.87. The molecular weight excluding hydrogens is 280 g/mol. The minimum Gasteiger partial charge on any atom is -0.478 e. The fraction of sp³-hybridized carbons (Fsp3) is 0.500. The first-order chi connectivity index (χ1) is 9.82. The lowest BCUT2D eigenvalue weighted by atomic mass is 9.97. The van der Waals surface area contributed by atoms with Crippen LogP contribution in [-0.2, 0) is 23.8 Å². The number of carbonyl (C=O) groups excluding carboxylic acids is 2. The molecule has 1 aliphatic rings. The van der Waals surface area contributed by atoms with Crippen molar-refractivity contribution in [3.63, 3.8) is 0 Å². The lowest BCUT2D eigenvalue weighted by Crippen LogP contribution is -2.26. The number of hydrogen-bond acceptors (Lipinski definition) is 6. The zero-order valence-electron chi connectivity index (χ0n) is 11.8. The summed E-state index contributed by atoms with van der Waals surface area (Å²) in [5, 5.41) is 8.62. The first-order valence-electron chi connectivity index (χ1n) is 6.43. The molecule has 2 unspecified atom stereocenters. The second kappa shape index (κ2) is 7.47. The van der Waals surface area contributed by atoms with Gasteiger partial charge in [0.2, 0.25) is 0 Å². The molecule has 1 aliphatic heterocycles. The van der Waals surface area contributed by atoms with Crippen LogP contribution in [0.3, 0.4) is 0 Å². The predicted octanol–water partition coefficient (Wildman–Crippen LogP) is 1.68. The number of hydrogen-bond donors (Lipinski definition) is 1. The normalized spacial score (nSPS) is 18.3. The van der Waals surface area contributed by atoms with E-state index in [9.17, 15) is 14.4 Å². The van der Waals surface area contributed by atoms with Crippen molar-refractivity contribution in [1.82, 2.24) is 0 Å². The van der Waals surface area contributed by atoms with Gasteiger partial charge in [-0.15, -0.1) is 0 Å². The van der Waals surface area contributed by atoms with Crippen molar-refractivity contribution in [3.05, 3.63) is 24.3 Å². The zero-order chi connectivity index (χ0) is 16.0. The largest absolute Gasteiger partial charge is 0.508 e. The Hall–Kier alpha value is -2.31. The Morgan fingerprint density at radius 1 is 1.48 bits per heavy atom. The maximum Gasteiger partial charge on any atom is 0.508 e. The van der Waals surface area contributed by atoms with Gasteiger partial charge in [-0.05, 0) is 12.8 Å². The summed E-state index contributed by atoms with van der Waals surface area (Å²) in [7, 11) is 0. The van der Waals surface area contributed by atoms with Crippen LogP contribution in [0.25, 0.3) is 0 Å². The second-order valence-electron chi connectivity index (χ2n) is 4.68. The molecule has 21 heavy (non-hydrogen) atoms. The number of carboxylic acids is 1. The van der Waals surface area contributed by atoms with Crippen molar-refractivity contribution in [2.45, 2.75) is 25.9 Å². The highest BCUT2D eigenvalue weighted by Gasteiger charge is 2.33. The minimum atomic E-state index is -1.07. The number of cyclic esters (lactones) is 2. The van der Waals surface area contributed by atoms with E-state index in [1.54, 1.807) is 6.92 Å². The first kappa shape index (κ1) is 16.7. The van der Waals surface area contributed by atoms with Gasteiger partial charge in [0.25, 0.3) is 0 Å². The van der Waals surface area contributed by atoms with Crippen molar-refractivity contribution < 1.29 is 33.7 Å². The van der Waals surface area contributed by atoms with Crippen LogP contribution in [0.1, 0.15) is 19.8 Å². The lowest BCUT2D eigenvalue weighted by molar-refractivity contribution is -0.140. The van der Waals surface area contributed by atoms with E-state index in [1.165, 1.54) is 0 Å². The van der Waals surface area contributed by atoms with Crippen LogP contribution in [-0.4, -0.2) is 42.5 Å². The number of ether oxygens (including phenoxy) is 3. The quantitative estimate of drug-likeness (QED) is 0.413. The molecule has 0 aromatic rings. The van der Waals surface area contributed by atoms with Gasteiger partial charge in [0.1, 0.15) is 12.7 Å². The fourth-order valence-electron chi connectivity index (χ4n) is 1.65. The molecule has 1 N–H and O–H groups in total. The monoisotopic (exact) mass is 298 g/mol. The van der Waals surface area contributed by atoms with Gasteiger partial charge in [0.05, 0.1) is 6.61 Å². The molecule has 7 nitrogen and oxygen atoms in total. The van der Waals surface area contributed by atoms with Crippen molar-refractivity contribution >= 4 is 18.1 Å². The summed E-state index contributed by atoms with van der Waals surface area (Å²) in [6, 6.07) is 0. The summed E-state index contributed by atoms with van der Waals surface area (Å²) < 4.78 is 14.5. The van der Waals surface area contributed by atoms with Crippen molar-refractivity contribution in [1.29, 1.82) is 0 Å². The Labute approximate surface area is 122 Å². The Morgan fingerprint density at radius 2 is 2.14 bits per heavy atom. The highest BCUT2D eigenvalue weighted by molar-refractivity contribution is 5.88. The molecule has 1 saturated heterocycles. The molecule has 7 heteroatoms. The zero-order valence-corrected chi connectivity index (χ0v) is 11.8. The second-order valence-corrected chi connectivity index (χ2v) is 4.68. The van der Waals surface area contributed by atoms with Gasteiger partial charge in [-0.2, -0.15) is 0 Å². The summed E-state index contributed by atoms with van der Waals surface area (Å²) >= 11 is 0. The Bertz CT molecular complexity index is 466. The van der Waals surface area contributed by atoms with Crippen LogP contribution in [0, 0.1) is 5.92 Å². The van der Waals surface area contributed by atoms with Gasteiger partial charge < -0.3 is 19.3 Å². The van der Waals surface area contributed by atoms with E-state index < -0.39 is 30.1 Å². The van der Waals surface area contributed by atoms with E-state index in [1.807, 2.05) is 0 Å². The highest BCUT2D eigenvalue weighted by atomic mass is 16.8. The average molecular weight is 298 g/mol. The summed E-state index contributed by atoms with van der Waals surface area (Å²) in [4.78, 5) is 33.1. The molecule has 0 radical (unpaired) electrons. The van der Waals surface area contributed by atoms with E-state index in [2.05, 4.69) is 17.9 Å². The van der Waals surface area contributed by atoms with Crippen molar-refractivity contribution in [3.8, 4) is 0 Å². The topological polar surface area (TPSA) is 99.1 Å². The minimum absolute atomic E-state index is 0.0632. The standard InChI is InChI=1S/C14H18O7/c1-8(12(15)16)5-4-6-19-13(17)10(3)9(2)11-7-20-14(18)21-11/h9,11H,1,3-7H2,2H3,(H,15,16). The number of rotatable bonds is 8. The van der Waals surface area contributed by atoms with Crippen LogP contribution < -0.4 is 0 Å². The van der Waals surface area contributed by atoms with Gasteiger partial charge in [0, 0.05) is 17.1 Å². The Morgan fingerprint density at radius 3 is 2.67 bits per heavy atom. The smallest absolute Gasteiger partial charge is 0.478 e. The van der Waals surface area contributed by atoms with Crippen molar-refractivity contribution in [2.24, 2.45) is 5.92 Å². The molecule has 0 aromatic carbocycles. The summed E-state index contributed by atoms with van der Waals surface area (Å²) in [6.07, 6.45) is -0.719. The van der Waals surface area contributed by atoms with Gasteiger partial charge in [-0.3, -0.25) is 0 Å². The highest BCUT2D eigenvalue weighted by Crippen LogP contribution is 2.22. The molecule has 2 atom stereocenters. The first-order valence-corrected chi connectivity index (χ1v) is 6.43. The lowest BCUT2D eigenvalue weighted by Gasteiger charge is -2.17. The molecule has 116 valence electrons. The predicted molar refractivity (Wildman–Crippen MR) is 71.5 cm³/mol. The molecule has 1 rings (SSSR count). The number of esters is 1. The van der Waals surface area contributed by atoms with Gasteiger partial charge in [-0.25, -0.2) is 14.4 Å². The fourth-order valence-corrected chi connectivity index (χ4v) is 1.65. The Kier molecular flexibility index (Phi) is 5.95. The summed E-state index contributed by atoms with van der Waals surface area (Å²) in [6.45, 7) is 8.83. The molecule has 1 fully saturated rings. The van der Waals surface area contributed by atoms with Crippen LogP contribution in [0.4, 0.5) is 4.79 Å². The molecule has 0 bridgehead atoms. The van der Waals surface area contributed by atoms with E-state index in [4.69, 9.17) is 14.6 Å². The van der Waals surface area contributed by atoms with Gasteiger partial charge >= 0.3 is 18.1 Å². The summed E-state index contributed by atoms with van der Waals surface area (Å²) in [5.74, 6) is -2.09. The van der Waals surface area contributed by atoms with Crippen molar-refractivity contribution in [2.75, 3.05) is 13.2 Å². The van der Waals surface area contributed by atoms with Crippen LogP contribution >= 0.6 is 0 Å². The van der Waals surface area contributed by atoms with Crippen LogP contribution in [0.15, 0.2) is 24.3 Å². The molecular formula is C14H18O7. The van der Waals surface area contributed by atoms with Gasteiger partial charge in [0.15, 0.2) is 0 Å². The summed E-state index contributed by atoms with van der Waals surface area (Å²) in [5.41, 5.74) is 0.239. The molecule has 0 spiro atoms. The molecule has 1 heterocycles. The molecule has 0 aliphatic carbocycles. The number of carbonyl (C=O) groups is 3. The molecule has 0 amide bonds.